The van der Waals surface area contributed by atoms with Crippen LogP contribution in [0.2, 0.25) is 0 Å². The zero-order chi connectivity index (χ0) is 35.7. The Kier molecular flexibility index (Phi) is 4.17. The van der Waals surface area contributed by atoms with Gasteiger partial charge in [0.05, 0.1) is 12.3 Å². The largest absolute Gasteiger partial charge is 0.310 e. The van der Waals surface area contributed by atoms with E-state index in [9.17, 15) is 5.48 Å². The molecule has 0 radical (unpaired) electrons. The molecule has 8 aromatic rings. The number of thiophene rings is 1. The second-order valence-corrected chi connectivity index (χ2v) is 11.0. The molecule has 1 nitrogen and oxygen atoms in total. The van der Waals surface area contributed by atoms with Crippen molar-refractivity contribution in [2.45, 2.75) is 0 Å². The van der Waals surface area contributed by atoms with Gasteiger partial charge in [0.15, 0.2) is 0 Å². The van der Waals surface area contributed by atoms with Gasteiger partial charge >= 0.3 is 0 Å². The first kappa shape index (κ1) is 16.9. The van der Waals surface area contributed by atoms with Gasteiger partial charge in [-0.25, -0.2) is 0 Å². The Morgan fingerprint density at radius 1 is 0.476 bits per heavy atom. The van der Waals surface area contributed by atoms with Crippen LogP contribution in [-0.2, 0) is 0 Å². The molecular weight excluding hydrogens is 527 g/mol. The maximum Gasteiger partial charge on any atom is 0.0645 e. The third-order valence-electron chi connectivity index (χ3n) is 7.42. The van der Waals surface area contributed by atoms with Crippen molar-refractivity contribution in [3.8, 4) is 22.3 Å². The summed E-state index contributed by atoms with van der Waals surface area (Å²) in [7, 11) is 0. The van der Waals surface area contributed by atoms with Crippen molar-refractivity contribution in [2.24, 2.45) is 0 Å². The van der Waals surface area contributed by atoms with E-state index in [1.165, 1.54) is 4.90 Å². The molecule has 0 fully saturated rings. The van der Waals surface area contributed by atoms with Gasteiger partial charge in [-0.15, -0.1) is 11.3 Å². The van der Waals surface area contributed by atoms with Crippen LogP contribution in [-0.4, -0.2) is 0 Å². The zero-order valence-electron chi connectivity index (χ0n) is 31.2. The Morgan fingerprint density at radius 3 is 2.02 bits per heavy atom. The minimum atomic E-state index is -0.579. The highest BCUT2D eigenvalue weighted by Gasteiger charge is 2.16. The van der Waals surface area contributed by atoms with Gasteiger partial charge in [-0.2, -0.15) is 0 Å². The molecule has 2 heteroatoms. The van der Waals surface area contributed by atoms with Gasteiger partial charge in [0.1, 0.15) is 0 Å². The lowest BCUT2D eigenvalue weighted by molar-refractivity contribution is 1.28. The maximum atomic E-state index is 9.36. The van der Waals surface area contributed by atoms with Crippen molar-refractivity contribution in [1.82, 2.24) is 0 Å². The molecule has 0 aliphatic heterocycles. The summed E-state index contributed by atoms with van der Waals surface area (Å²) in [6.45, 7) is 0. The van der Waals surface area contributed by atoms with Crippen LogP contribution in [0.1, 0.15) is 12.3 Å². The Balaban J connectivity index is 1.42. The Hall–Kier alpha value is -5.18. The van der Waals surface area contributed by atoms with Crippen molar-refractivity contribution < 1.29 is 12.3 Å². The molecule has 0 aliphatic rings. The quantitative estimate of drug-likeness (QED) is 0.202. The molecule has 42 heavy (non-hydrogen) atoms. The van der Waals surface area contributed by atoms with E-state index in [4.69, 9.17) is 6.85 Å². The lowest BCUT2D eigenvalue weighted by Gasteiger charge is -2.26. The standard InChI is InChI=1S/C40H27NS/c1-2-14-31(15-3-1)41(32-25-23-29(24-26-32)35-19-9-12-28-11-4-5-17-34(28)35)33-16-8-13-30(27-33)36-20-10-22-39-40(36)37-18-6-7-21-38(37)42-39/h1-27H/i1D,2D,3D,14D,15D,23D,24D,25D,26D. The molecule has 198 valence electrons. The second-order valence-electron chi connectivity index (χ2n) is 9.89. The molecule has 0 atom stereocenters. The number of para-hydroxylation sites is 1. The monoisotopic (exact) mass is 562 g/mol. The van der Waals surface area contributed by atoms with E-state index < -0.39 is 42.3 Å². The number of anilines is 3. The highest BCUT2D eigenvalue weighted by atomic mass is 32.1. The summed E-state index contributed by atoms with van der Waals surface area (Å²) in [6.07, 6.45) is 0. The van der Waals surface area contributed by atoms with E-state index in [1.54, 1.807) is 41.7 Å². The number of fused-ring (bicyclic) bond motifs is 4. The number of hydrogen-bond donors (Lipinski definition) is 0. The van der Waals surface area contributed by atoms with Crippen LogP contribution in [0.15, 0.2) is 164 Å². The molecule has 0 N–H and O–H groups in total. The SMILES string of the molecule is [2H]c1c([2H])c([2H])c(N(c2cccc(-c3cccc4sc5ccccc5c34)c2)c2c([2H])c([2H])c(-c3cccc4ccccc34)c([2H])c2[2H])c([2H])c1[2H]. The van der Waals surface area contributed by atoms with E-state index in [0.29, 0.717) is 11.3 Å². The van der Waals surface area contributed by atoms with Crippen molar-refractivity contribution in [1.29, 1.82) is 0 Å². The van der Waals surface area contributed by atoms with E-state index >= 15 is 0 Å². The van der Waals surface area contributed by atoms with Gasteiger partial charge in [-0.05, 0) is 81.5 Å². The minimum absolute atomic E-state index is 0.108. The molecule has 1 aromatic heterocycles. The molecule has 0 saturated heterocycles. The third kappa shape index (κ3) is 4.25. The first-order valence-electron chi connectivity index (χ1n) is 18.0. The summed E-state index contributed by atoms with van der Waals surface area (Å²) < 4.78 is 82.6. The van der Waals surface area contributed by atoms with Gasteiger partial charge in [0.25, 0.3) is 0 Å². The average molecular weight is 563 g/mol. The lowest BCUT2D eigenvalue weighted by atomic mass is 9.97. The molecule has 1 heterocycles. The van der Waals surface area contributed by atoms with Crippen molar-refractivity contribution in [2.75, 3.05) is 4.90 Å². The fourth-order valence-corrected chi connectivity index (χ4v) is 6.68. The van der Waals surface area contributed by atoms with Crippen molar-refractivity contribution in [3.05, 3.63) is 164 Å². The molecule has 0 bridgehead atoms. The molecule has 0 unspecified atom stereocenters. The van der Waals surface area contributed by atoms with E-state index in [1.807, 2.05) is 60.7 Å². The summed E-state index contributed by atoms with van der Waals surface area (Å²) in [6, 6.07) is 30.1. The van der Waals surface area contributed by atoms with Crippen LogP contribution in [0.25, 0.3) is 53.2 Å². The number of hydrogen-bond acceptors (Lipinski definition) is 2. The number of rotatable bonds is 5. The summed E-state index contributed by atoms with van der Waals surface area (Å²) in [5.41, 5.74) is 2.11. The molecule has 7 aromatic carbocycles. The molecule has 0 saturated carbocycles. The first-order chi connectivity index (χ1) is 24.6. The first-order valence-corrected chi connectivity index (χ1v) is 14.4. The van der Waals surface area contributed by atoms with Crippen LogP contribution >= 0.6 is 11.3 Å². The van der Waals surface area contributed by atoms with Crippen LogP contribution < -0.4 is 4.90 Å². The third-order valence-corrected chi connectivity index (χ3v) is 8.56. The van der Waals surface area contributed by atoms with Gasteiger partial charge in [-0.3, -0.25) is 0 Å². The van der Waals surface area contributed by atoms with Crippen LogP contribution in [0, 0.1) is 0 Å². The van der Waals surface area contributed by atoms with Crippen LogP contribution in [0.5, 0.6) is 0 Å². The predicted molar refractivity (Wildman–Crippen MR) is 182 cm³/mol. The zero-order valence-corrected chi connectivity index (χ0v) is 23.1. The Labute approximate surface area is 262 Å². The summed E-state index contributed by atoms with van der Waals surface area (Å²) in [4.78, 5) is 1.28. The van der Waals surface area contributed by atoms with E-state index in [-0.39, 0.29) is 29.0 Å². The summed E-state index contributed by atoms with van der Waals surface area (Å²) >= 11 is 1.68. The van der Waals surface area contributed by atoms with E-state index in [0.717, 1.165) is 42.1 Å². The van der Waals surface area contributed by atoms with E-state index in [2.05, 4.69) is 18.2 Å². The molecule has 0 spiro atoms. The van der Waals surface area contributed by atoms with Gasteiger partial charge < -0.3 is 4.90 Å². The lowest BCUT2D eigenvalue weighted by Crippen LogP contribution is -2.09. The highest BCUT2D eigenvalue weighted by molar-refractivity contribution is 7.25. The molecular formula is C40H27NS. The minimum Gasteiger partial charge on any atom is -0.310 e. The van der Waals surface area contributed by atoms with Crippen LogP contribution in [0.3, 0.4) is 0 Å². The van der Waals surface area contributed by atoms with Gasteiger partial charge in [-0.1, -0.05) is 115 Å². The second kappa shape index (κ2) is 10.3. The van der Waals surface area contributed by atoms with Crippen molar-refractivity contribution >= 4 is 59.3 Å². The maximum absolute atomic E-state index is 9.36. The summed E-state index contributed by atoms with van der Waals surface area (Å²) in [5.74, 6) is 0. The highest BCUT2D eigenvalue weighted by Crippen LogP contribution is 2.42. The predicted octanol–water partition coefficient (Wildman–Crippen LogP) is 12.0. The van der Waals surface area contributed by atoms with Crippen LogP contribution in [0.4, 0.5) is 17.1 Å². The normalized spacial score (nSPS) is 14.3. The fourth-order valence-electron chi connectivity index (χ4n) is 5.55. The van der Waals surface area contributed by atoms with Gasteiger partial charge in [0.2, 0.25) is 0 Å². The number of nitrogens with zero attached hydrogens (tertiary/aromatic N) is 1. The molecule has 8 rings (SSSR count). The average Bonchev–Trinajstić information content (AvgIpc) is 3.54. The fraction of sp³-hybridized carbons (Fsp3) is 0. The number of benzene rings is 7. The molecule has 0 amide bonds. The Bertz CT molecular complexity index is 2660. The topological polar surface area (TPSA) is 3.24 Å². The smallest absolute Gasteiger partial charge is 0.0645 e. The Morgan fingerprint density at radius 2 is 1.14 bits per heavy atom. The van der Waals surface area contributed by atoms with Gasteiger partial charge in [0, 0.05) is 37.2 Å². The summed E-state index contributed by atoms with van der Waals surface area (Å²) in [5, 5.41) is 3.78. The van der Waals surface area contributed by atoms with Crippen molar-refractivity contribution in [3.63, 3.8) is 0 Å². The molecule has 0 aliphatic carbocycles.